The fraction of sp³-hybridized carbons (Fsp3) is 0.0625. The number of halogens is 2. The van der Waals surface area contributed by atoms with Crippen molar-refractivity contribution in [2.75, 3.05) is 11.1 Å². The van der Waals surface area contributed by atoms with Crippen LogP contribution in [0.15, 0.2) is 62.9 Å². The molecule has 6 nitrogen and oxygen atoms in total. The predicted molar refractivity (Wildman–Crippen MR) is 96.7 cm³/mol. The lowest BCUT2D eigenvalue weighted by Crippen LogP contribution is -2.36. The van der Waals surface area contributed by atoms with Crippen LogP contribution in [-0.2, 0) is 4.79 Å². The number of benzene rings is 2. The Hall–Kier alpha value is -2.22. The number of rotatable bonds is 5. The van der Waals surface area contributed by atoms with Crippen LogP contribution < -0.4 is 15.6 Å². The number of para-hydroxylation sites is 1. The average molecular weight is 397 g/mol. The molecule has 0 unspecified atom stereocenters. The van der Waals surface area contributed by atoms with Crippen molar-refractivity contribution >= 4 is 46.6 Å². The predicted octanol–water partition coefficient (Wildman–Crippen LogP) is 3.28. The van der Waals surface area contributed by atoms with Gasteiger partial charge in [-0.3, -0.25) is 9.32 Å². The van der Waals surface area contributed by atoms with Gasteiger partial charge in [0.1, 0.15) is 0 Å². The van der Waals surface area contributed by atoms with Crippen LogP contribution in [-0.4, -0.2) is 16.9 Å². The number of carbonyl (C=O) groups is 1. The number of hydrogen-bond donors (Lipinski definition) is 2. The molecule has 1 heterocycles. The first-order chi connectivity index (χ1) is 12.0. The van der Waals surface area contributed by atoms with E-state index < -0.39 is 5.63 Å². The lowest BCUT2D eigenvalue weighted by molar-refractivity contribution is -0.704. The molecule has 3 aromatic rings. The number of hydrogen-bond acceptors (Lipinski definition) is 4. The smallest absolute Gasteiger partial charge is 0.324 e. The molecule has 0 spiro atoms. The molecule has 0 saturated carbocycles. The SMILES string of the molecule is O=C(CSc1c(=O)o[nH][n+]1-c1ccccc1)Nc1ccc(Cl)cc1Cl. The first-order valence-electron chi connectivity index (χ1n) is 7.11. The summed E-state index contributed by atoms with van der Waals surface area (Å²) < 4.78 is 6.31. The van der Waals surface area contributed by atoms with Crippen molar-refractivity contribution in [2.24, 2.45) is 0 Å². The molecule has 0 saturated heterocycles. The van der Waals surface area contributed by atoms with Crippen LogP contribution in [0.1, 0.15) is 0 Å². The number of aromatic amines is 1. The van der Waals surface area contributed by atoms with E-state index in [2.05, 4.69) is 10.6 Å². The van der Waals surface area contributed by atoms with Gasteiger partial charge >= 0.3 is 10.7 Å². The van der Waals surface area contributed by atoms with Gasteiger partial charge < -0.3 is 5.32 Å². The van der Waals surface area contributed by atoms with Gasteiger partial charge in [-0.05, 0) is 39.9 Å². The molecule has 0 aliphatic heterocycles. The van der Waals surface area contributed by atoms with Crippen molar-refractivity contribution in [1.82, 2.24) is 5.27 Å². The standard InChI is InChI=1S/C16H11Cl2N3O3S/c17-10-6-7-13(12(18)8-10)19-14(22)9-25-15-16(23)24-20-21(15)11-4-2-1-3-5-11/h1-8H,9H2,(H-,19,20,22,23)/p+1. The molecule has 0 radical (unpaired) electrons. The van der Waals surface area contributed by atoms with Crippen molar-refractivity contribution in [3.05, 3.63) is 69.0 Å². The largest absolute Gasteiger partial charge is 0.442 e. The van der Waals surface area contributed by atoms with E-state index in [1.807, 2.05) is 30.3 Å². The van der Waals surface area contributed by atoms with Crippen LogP contribution in [0, 0.1) is 0 Å². The minimum Gasteiger partial charge on any atom is -0.324 e. The van der Waals surface area contributed by atoms with Gasteiger partial charge in [-0.15, -0.1) is 0 Å². The molecule has 128 valence electrons. The Balaban J connectivity index is 1.71. The van der Waals surface area contributed by atoms with Gasteiger partial charge in [0.2, 0.25) is 11.6 Å². The van der Waals surface area contributed by atoms with Crippen molar-refractivity contribution in [1.29, 1.82) is 0 Å². The number of amides is 1. The Bertz CT molecular complexity index is 957. The number of aromatic nitrogens is 2. The summed E-state index contributed by atoms with van der Waals surface area (Å²) >= 11 is 12.9. The van der Waals surface area contributed by atoms with E-state index in [9.17, 15) is 9.59 Å². The van der Waals surface area contributed by atoms with E-state index in [4.69, 9.17) is 27.7 Å². The monoisotopic (exact) mass is 396 g/mol. The highest BCUT2D eigenvalue weighted by atomic mass is 35.5. The highest BCUT2D eigenvalue weighted by molar-refractivity contribution is 7.99. The fourth-order valence-electron chi connectivity index (χ4n) is 2.05. The lowest BCUT2D eigenvalue weighted by Gasteiger charge is -2.06. The summed E-state index contributed by atoms with van der Waals surface area (Å²) in [5, 5.41) is 6.28. The summed E-state index contributed by atoms with van der Waals surface area (Å²) in [5.41, 5.74) is 0.622. The van der Waals surface area contributed by atoms with Gasteiger partial charge in [0.05, 0.1) is 16.5 Å². The van der Waals surface area contributed by atoms with E-state index in [0.29, 0.717) is 15.7 Å². The Morgan fingerprint density at radius 2 is 1.96 bits per heavy atom. The summed E-state index contributed by atoms with van der Waals surface area (Å²) in [6, 6.07) is 13.9. The molecule has 0 bridgehead atoms. The first kappa shape index (κ1) is 17.6. The van der Waals surface area contributed by atoms with E-state index >= 15 is 0 Å². The van der Waals surface area contributed by atoms with Gasteiger partial charge in [-0.2, -0.15) is 0 Å². The number of anilines is 1. The molecular weight excluding hydrogens is 385 g/mol. The first-order valence-corrected chi connectivity index (χ1v) is 8.85. The van der Waals surface area contributed by atoms with Crippen LogP contribution >= 0.6 is 35.0 Å². The van der Waals surface area contributed by atoms with E-state index in [-0.39, 0.29) is 16.7 Å². The van der Waals surface area contributed by atoms with E-state index in [0.717, 1.165) is 17.4 Å². The summed E-state index contributed by atoms with van der Waals surface area (Å²) in [6.07, 6.45) is 0. The molecule has 1 aromatic heterocycles. The summed E-state index contributed by atoms with van der Waals surface area (Å²) in [7, 11) is 0. The number of carbonyl (C=O) groups excluding carboxylic acids is 1. The number of H-pyrrole nitrogens is 1. The van der Waals surface area contributed by atoms with Gasteiger partial charge in [-0.1, -0.05) is 41.4 Å². The highest BCUT2D eigenvalue weighted by Gasteiger charge is 2.24. The molecule has 0 atom stereocenters. The maximum atomic E-state index is 12.1. The zero-order chi connectivity index (χ0) is 17.8. The maximum absolute atomic E-state index is 12.1. The van der Waals surface area contributed by atoms with Gasteiger partial charge in [-0.25, -0.2) is 4.79 Å². The maximum Gasteiger partial charge on any atom is 0.442 e. The van der Waals surface area contributed by atoms with Crippen molar-refractivity contribution in [3.8, 4) is 5.69 Å². The Labute approximate surface area is 156 Å². The molecular formula is C16H12Cl2N3O3S+. The quantitative estimate of drug-likeness (QED) is 0.512. The number of nitrogens with zero attached hydrogens (tertiary/aromatic N) is 1. The fourth-order valence-corrected chi connectivity index (χ4v) is 3.27. The van der Waals surface area contributed by atoms with Crippen LogP contribution in [0.2, 0.25) is 10.0 Å². The number of nitrogens with one attached hydrogen (secondary N) is 2. The van der Waals surface area contributed by atoms with Gasteiger partial charge in [0.25, 0.3) is 0 Å². The van der Waals surface area contributed by atoms with Crippen molar-refractivity contribution < 1.29 is 14.0 Å². The van der Waals surface area contributed by atoms with Gasteiger partial charge in [0.15, 0.2) is 0 Å². The zero-order valence-corrected chi connectivity index (χ0v) is 15.0. The van der Waals surface area contributed by atoms with Crippen LogP contribution in [0.25, 0.3) is 5.69 Å². The third kappa shape index (κ3) is 4.25. The minimum atomic E-state index is -0.550. The van der Waals surface area contributed by atoms with E-state index in [1.165, 1.54) is 10.7 Å². The zero-order valence-electron chi connectivity index (χ0n) is 12.7. The van der Waals surface area contributed by atoms with Crippen molar-refractivity contribution in [2.45, 2.75) is 5.03 Å². The van der Waals surface area contributed by atoms with Crippen molar-refractivity contribution in [3.63, 3.8) is 0 Å². The molecule has 9 heteroatoms. The molecule has 0 aliphatic rings. The van der Waals surface area contributed by atoms with Crippen LogP contribution in [0.4, 0.5) is 5.69 Å². The Morgan fingerprint density at radius 1 is 1.20 bits per heavy atom. The number of thioether (sulfide) groups is 1. The highest BCUT2D eigenvalue weighted by Crippen LogP contribution is 2.25. The third-order valence-corrected chi connectivity index (χ3v) is 4.74. The van der Waals surface area contributed by atoms with E-state index in [1.54, 1.807) is 12.1 Å². The van der Waals surface area contributed by atoms with Crippen LogP contribution in [0.3, 0.4) is 0 Å². The Morgan fingerprint density at radius 3 is 2.68 bits per heavy atom. The lowest BCUT2D eigenvalue weighted by atomic mass is 10.3. The second-order valence-electron chi connectivity index (χ2n) is 4.92. The topological polar surface area (TPSA) is 79.0 Å². The minimum absolute atomic E-state index is 0.00834. The van der Waals surface area contributed by atoms with Gasteiger partial charge in [0, 0.05) is 17.2 Å². The molecule has 25 heavy (non-hydrogen) atoms. The summed E-state index contributed by atoms with van der Waals surface area (Å²) in [5.74, 6) is -0.302. The molecule has 2 N–H and O–H groups in total. The molecule has 0 aliphatic carbocycles. The second-order valence-corrected chi connectivity index (χ2v) is 6.73. The normalized spacial score (nSPS) is 10.6. The van der Waals surface area contributed by atoms with Crippen LogP contribution in [0.5, 0.6) is 0 Å². The second kappa shape index (κ2) is 7.77. The molecule has 0 fully saturated rings. The summed E-state index contributed by atoms with van der Waals surface area (Å²) in [6.45, 7) is 0. The molecule has 3 rings (SSSR count). The average Bonchev–Trinajstić information content (AvgIpc) is 2.97. The molecule has 2 aromatic carbocycles. The third-order valence-electron chi connectivity index (χ3n) is 3.17. The molecule has 1 amide bonds. The summed E-state index contributed by atoms with van der Waals surface area (Å²) in [4.78, 5) is 24.0. The Kier molecular flexibility index (Phi) is 5.47.